The molecule has 0 radical (unpaired) electrons. The minimum Gasteiger partial charge on any atom is -0.492 e. The van der Waals surface area contributed by atoms with E-state index in [4.69, 9.17) is 10.5 Å². The Morgan fingerprint density at radius 2 is 2.11 bits per heavy atom. The van der Waals surface area contributed by atoms with Crippen LogP contribution in [0, 0.1) is 5.41 Å². The number of para-hydroxylation sites is 1. The number of hydrogen-bond acceptors (Lipinski definition) is 3. The van der Waals surface area contributed by atoms with Crippen molar-refractivity contribution in [1.82, 2.24) is 4.90 Å². The third-order valence-corrected chi connectivity index (χ3v) is 3.91. The predicted octanol–water partition coefficient (Wildman–Crippen LogP) is 2.65. The van der Waals surface area contributed by atoms with Crippen molar-refractivity contribution in [1.29, 1.82) is 0 Å². The number of rotatable bonds is 5. The number of ether oxygens (including phenoxy) is 1. The molecule has 2 rings (SSSR count). The molecule has 0 aromatic heterocycles. The highest BCUT2D eigenvalue weighted by molar-refractivity contribution is 5.33. The number of nitrogens with two attached hydrogens (primary N) is 1. The quantitative estimate of drug-likeness (QED) is 0.886. The molecule has 0 fully saturated rings. The van der Waals surface area contributed by atoms with Crippen LogP contribution in [-0.4, -0.2) is 31.1 Å². The lowest BCUT2D eigenvalue weighted by molar-refractivity contribution is 0.211. The van der Waals surface area contributed by atoms with Crippen molar-refractivity contribution in [3.63, 3.8) is 0 Å². The topological polar surface area (TPSA) is 38.5 Å². The van der Waals surface area contributed by atoms with Crippen LogP contribution in [0.15, 0.2) is 24.3 Å². The lowest BCUT2D eigenvalue weighted by atomic mass is 9.88. The van der Waals surface area contributed by atoms with E-state index in [1.54, 1.807) is 0 Å². The molecule has 1 heterocycles. The summed E-state index contributed by atoms with van der Waals surface area (Å²) in [5.74, 6) is 1.05. The summed E-state index contributed by atoms with van der Waals surface area (Å²) in [5, 5.41) is 0. The van der Waals surface area contributed by atoms with E-state index in [0.717, 1.165) is 38.5 Å². The summed E-state index contributed by atoms with van der Waals surface area (Å²) in [6, 6.07) is 8.36. The molecule has 0 saturated heterocycles. The molecule has 0 saturated carbocycles. The van der Waals surface area contributed by atoms with Gasteiger partial charge in [-0.25, -0.2) is 0 Å². The molecular formula is C16H26N2O. The number of nitrogens with zero attached hydrogens (tertiary/aromatic N) is 1. The van der Waals surface area contributed by atoms with Crippen LogP contribution in [0.4, 0.5) is 0 Å². The van der Waals surface area contributed by atoms with Crippen LogP contribution in [0.25, 0.3) is 0 Å². The normalized spacial score (nSPS) is 16.6. The van der Waals surface area contributed by atoms with E-state index in [1.165, 1.54) is 18.4 Å². The standard InChI is InChI=1S/C16H26N2O/c1-16(2,13-17)8-5-9-18-10-11-19-15-7-4-3-6-14(15)12-18/h3-4,6-7H,5,8-13,17H2,1-2H3. The van der Waals surface area contributed by atoms with Gasteiger partial charge >= 0.3 is 0 Å². The Morgan fingerprint density at radius 1 is 1.32 bits per heavy atom. The maximum Gasteiger partial charge on any atom is 0.123 e. The number of fused-ring (bicyclic) bond motifs is 1. The van der Waals surface area contributed by atoms with Crippen LogP contribution in [0.3, 0.4) is 0 Å². The van der Waals surface area contributed by atoms with E-state index in [2.05, 4.69) is 36.9 Å². The maximum absolute atomic E-state index is 5.79. The predicted molar refractivity (Wildman–Crippen MR) is 79.3 cm³/mol. The Hall–Kier alpha value is -1.06. The van der Waals surface area contributed by atoms with E-state index in [1.807, 2.05) is 6.07 Å². The Bertz CT molecular complexity index is 403. The summed E-state index contributed by atoms with van der Waals surface area (Å²) < 4.78 is 5.79. The van der Waals surface area contributed by atoms with Gasteiger partial charge in [0, 0.05) is 18.7 Å². The van der Waals surface area contributed by atoms with Crippen LogP contribution < -0.4 is 10.5 Å². The summed E-state index contributed by atoms with van der Waals surface area (Å²) >= 11 is 0. The summed E-state index contributed by atoms with van der Waals surface area (Å²) in [7, 11) is 0. The van der Waals surface area contributed by atoms with Crippen molar-refractivity contribution >= 4 is 0 Å². The van der Waals surface area contributed by atoms with Crippen molar-refractivity contribution in [2.75, 3.05) is 26.2 Å². The van der Waals surface area contributed by atoms with E-state index in [9.17, 15) is 0 Å². The van der Waals surface area contributed by atoms with Gasteiger partial charge in [-0.2, -0.15) is 0 Å². The van der Waals surface area contributed by atoms with Crippen LogP contribution in [0.1, 0.15) is 32.3 Å². The molecule has 19 heavy (non-hydrogen) atoms. The van der Waals surface area contributed by atoms with Gasteiger partial charge in [0.2, 0.25) is 0 Å². The first kappa shape index (κ1) is 14.4. The molecule has 1 aliphatic rings. The Balaban J connectivity index is 1.86. The van der Waals surface area contributed by atoms with Crippen LogP contribution in [0.2, 0.25) is 0 Å². The first-order valence-corrected chi connectivity index (χ1v) is 7.24. The molecule has 0 bridgehead atoms. The second-order valence-corrected chi connectivity index (χ2v) is 6.20. The second kappa shape index (κ2) is 6.40. The highest BCUT2D eigenvalue weighted by Gasteiger charge is 2.18. The SMILES string of the molecule is CC(C)(CN)CCCN1CCOc2ccccc2C1. The molecule has 3 heteroatoms. The first-order chi connectivity index (χ1) is 9.11. The highest BCUT2D eigenvalue weighted by Crippen LogP contribution is 2.24. The smallest absolute Gasteiger partial charge is 0.123 e. The van der Waals surface area contributed by atoms with Crippen molar-refractivity contribution in [3.05, 3.63) is 29.8 Å². The molecule has 0 atom stereocenters. The van der Waals surface area contributed by atoms with Crippen molar-refractivity contribution in [2.45, 2.75) is 33.2 Å². The van der Waals surface area contributed by atoms with Gasteiger partial charge in [0.1, 0.15) is 12.4 Å². The third kappa shape index (κ3) is 4.22. The molecule has 0 unspecified atom stereocenters. The zero-order valence-corrected chi connectivity index (χ0v) is 12.2. The van der Waals surface area contributed by atoms with Gasteiger partial charge in [-0.1, -0.05) is 32.0 Å². The van der Waals surface area contributed by atoms with E-state index in [0.29, 0.717) is 0 Å². The fourth-order valence-electron chi connectivity index (χ4n) is 2.45. The number of hydrogen-bond donors (Lipinski definition) is 1. The van der Waals surface area contributed by atoms with E-state index < -0.39 is 0 Å². The average Bonchev–Trinajstić information content (AvgIpc) is 2.60. The molecule has 2 N–H and O–H groups in total. The second-order valence-electron chi connectivity index (χ2n) is 6.20. The summed E-state index contributed by atoms with van der Waals surface area (Å²) in [4.78, 5) is 2.48. The summed E-state index contributed by atoms with van der Waals surface area (Å²) in [6.07, 6.45) is 2.38. The summed E-state index contributed by atoms with van der Waals surface area (Å²) in [5.41, 5.74) is 7.35. The van der Waals surface area contributed by atoms with Crippen molar-refractivity contribution < 1.29 is 4.74 Å². The van der Waals surface area contributed by atoms with Gasteiger partial charge in [-0.3, -0.25) is 4.90 Å². The zero-order valence-electron chi connectivity index (χ0n) is 12.2. The Kier molecular flexibility index (Phi) is 4.83. The van der Waals surface area contributed by atoms with Gasteiger partial charge in [-0.15, -0.1) is 0 Å². The van der Waals surface area contributed by atoms with Gasteiger partial charge in [-0.05, 0) is 37.4 Å². The largest absolute Gasteiger partial charge is 0.492 e. The Labute approximate surface area is 116 Å². The molecule has 1 aliphatic heterocycles. The molecule has 0 amide bonds. The van der Waals surface area contributed by atoms with Crippen molar-refractivity contribution in [3.8, 4) is 5.75 Å². The molecule has 0 aliphatic carbocycles. The molecule has 106 valence electrons. The fourth-order valence-corrected chi connectivity index (χ4v) is 2.45. The molecule has 1 aromatic rings. The van der Waals surface area contributed by atoms with E-state index >= 15 is 0 Å². The van der Waals surface area contributed by atoms with Crippen molar-refractivity contribution in [2.24, 2.45) is 11.1 Å². The van der Waals surface area contributed by atoms with Gasteiger partial charge < -0.3 is 10.5 Å². The minimum atomic E-state index is 0.264. The zero-order chi connectivity index (χ0) is 13.7. The molecule has 1 aromatic carbocycles. The van der Waals surface area contributed by atoms with Gasteiger partial charge in [0.15, 0.2) is 0 Å². The fraction of sp³-hybridized carbons (Fsp3) is 0.625. The van der Waals surface area contributed by atoms with Gasteiger partial charge in [0.05, 0.1) is 0 Å². The molecule has 0 spiro atoms. The third-order valence-electron chi connectivity index (χ3n) is 3.91. The van der Waals surface area contributed by atoms with Crippen LogP contribution >= 0.6 is 0 Å². The maximum atomic E-state index is 5.79. The first-order valence-electron chi connectivity index (χ1n) is 7.24. The lowest BCUT2D eigenvalue weighted by Gasteiger charge is -2.25. The summed E-state index contributed by atoms with van der Waals surface area (Å²) in [6.45, 7) is 9.18. The molecule has 3 nitrogen and oxygen atoms in total. The highest BCUT2D eigenvalue weighted by atomic mass is 16.5. The minimum absolute atomic E-state index is 0.264. The van der Waals surface area contributed by atoms with Gasteiger partial charge in [0.25, 0.3) is 0 Å². The Morgan fingerprint density at radius 3 is 2.89 bits per heavy atom. The number of benzene rings is 1. The van der Waals surface area contributed by atoms with Crippen LogP contribution in [0.5, 0.6) is 5.75 Å². The monoisotopic (exact) mass is 262 g/mol. The molecular weight excluding hydrogens is 236 g/mol. The van der Waals surface area contributed by atoms with Crippen LogP contribution in [-0.2, 0) is 6.54 Å². The van der Waals surface area contributed by atoms with E-state index in [-0.39, 0.29) is 5.41 Å². The lowest BCUT2D eigenvalue weighted by Crippen LogP contribution is -2.29. The average molecular weight is 262 g/mol.